The van der Waals surface area contributed by atoms with Crippen molar-refractivity contribution in [1.29, 1.82) is 5.26 Å². The van der Waals surface area contributed by atoms with Gasteiger partial charge in [0.25, 0.3) is 0 Å². The summed E-state index contributed by atoms with van der Waals surface area (Å²) in [5, 5.41) is 19.9. The van der Waals surface area contributed by atoms with Crippen molar-refractivity contribution in [2.24, 2.45) is 0 Å². The van der Waals surface area contributed by atoms with E-state index >= 15 is 0 Å². The molecule has 1 amide bonds. The lowest BCUT2D eigenvalue weighted by Gasteiger charge is -2.12. The van der Waals surface area contributed by atoms with E-state index < -0.39 is 5.25 Å². The van der Waals surface area contributed by atoms with Crippen LogP contribution < -0.4 is 11.2 Å². The molecule has 7 nitrogen and oxygen atoms in total. The van der Waals surface area contributed by atoms with Crippen LogP contribution in [0.5, 0.6) is 0 Å². The van der Waals surface area contributed by atoms with Gasteiger partial charge >= 0.3 is 0 Å². The maximum absolute atomic E-state index is 12.4. The fourth-order valence-electron chi connectivity index (χ4n) is 2.45. The van der Waals surface area contributed by atoms with Crippen molar-refractivity contribution < 1.29 is 4.79 Å². The number of anilines is 1. The molecule has 136 valence electrons. The molecule has 2 aromatic carbocycles. The zero-order valence-corrected chi connectivity index (χ0v) is 15.7. The van der Waals surface area contributed by atoms with Gasteiger partial charge < -0.3 is 11.2 Å². The van der Waals surface area contributed by atoms with Crippen LogP contribution in [0.25, 0.3) is 11.4 Å². The molecule has 1 atom stereocenters. The van der Waals surface area contributed by atoms with Crippen LogP contribution >= 0.6 is 11.8 Å². The summed E-state index contributed by atoms with van der Waals surface area (Å²) in [6.07, 6.45) is 0. The van der Waals surface area contributed by atoms with Crippen LogP contribution in [0, 0.1) is 18.3 Å². The van der Waals surface area contributed by atoms with E-state index in [1.165, 1.54) is 16.4 Å². The fourth-order valence-corrected chi connectivity index (χ4v) is 3.22. The van der Waals surface area contributed by atoms with Crippen LogP contribution in [0.4, 0.5) is 5.69 Å². The Morgan fingerprint density at radius 1 is 1.22 bits per heavy atom. The van der Waals surface area contributed by atoms with E-state index in [0.29, 0.717) is 22.2 Å². The SMILES string of the molecule is Cc1ccccc1-c1nnc(S[C@@H](C)C(=O)Nc2ccc(C#N)cc2)n1N. The molecule has 1 heterocycles. The maximum atomic E-state index is 12.4. The third-order valence-corrected chi connectivity index (χ3v) is 5.04. The van der Waals surface area contributed by atoms with Crippen LogP contribution in [-0.4, -0.2) is 26.0 Å². The third-order valence-electron chi connectivity index (χ3n) is 3.98. The highest BCUT2D eigenvalue weighted by molar-refractivity contribution is 8.00. The molecule has 0 aliphatic heterocycles. The van der Waals surface area contributed by atoms with Crippen LogP contribution in [0.3, 0.4) is 0 Å². The number of nitrogens with zero attached hydrogens (tertiary/aromatic N) is 4. The van der Waals surface area contributed by atoms with Crippen LogP contribution in [-0.2, 0) is 4.79 Å². The monoisotopic (exact) mass is 378 g/mol. The van der Waals surface area contributed by atoms with Crippen molar-refractivity contribution in [1.82, 2.24) is 14.9 Å². The number of nitrogens with one attached hydrogen (secondary N) is 1. The van der Waals surface area contributed by atoms with Crippen molar-refractivity contribution in [3.8, 4) is 17.5 Å². The number of nitrogen functional groups attached to an aromatic ring is 1. The van der Waals surface area contributed by atoms with Gasteiger partial charge in [0.05, 0.1) is 16.9 Å². The number of hydrogen-bond donors (Lipinski definition) is 2. The second kappa shape index (κ2) is 7.93. The summed E-state index contributed by atoms with van der Waals surface area (Å²) in [6, 6.07) is 16.5. The molecule has 0 aliphatic rings. The Balaban J connectivity index is 1.70. The van der Waals surface area contributed by atoms with E-state index in [9.17, 15) is 4.79 Å². The summed E-state index contributed by atoms with van der Waals surface area (Å²) in [5.41, 5.74) is 3.10. The van der Waals surface area contributed by atoms with Gasteiger partial charge in [-0.05, 0) is 43.7 Å². The highest BCUT2D eigenvalue weighted by Gasteiger charge is 2.20. The number of nitrogens with two attached hydrogens (primary N) is 1. The molecule has 3 aromatic rings. The molecular formula is C19H18N6OS. The predicted molar refractivity (Wildman–Crippen MR) is 105 cm³/mol. The number of rotatable bonds is 5. The lowest BCUT2D eigenvalue weighted by molar-refractivity contribution is -0.115. The zero-order valence-electron chi connectivity index (χ0n) is 14.9. The molecular weight excluding hydrogens is 360 g/mol. The summed E-state index contributed by atoms with van der Waals surface area (Å²) in [7, 11) is 0. The van der Waals surface area contributed by atoms with Crippen LogP contribution in [0.15, 0.2) is 53.7 Å². The zero-order chi connectivity index (χ0) is 19.4. The number of benzene rings is 2. The maximum Gasteiger partial charge on any atom is 0.237 e. The second-order valence-electron chi connectivity index (χ2n) is 5.93. The lowest BCUT2D eigenvalue weighted by atomic mass is 10.1. The molecule has 0 saturated heterocycles. The van der Waals surface area contributed by atoms with Crippen molar-refractivity contribution in [2.75, 3.05) is 11.2 Å². The minimum absolute atomic E-state index is 0.190. The Morgan fingerprint density at radius 2 is 1.93 bits per heavy atom. The molecule has 0 bridgehead atoms. The molecule has 0 fully saturated rings. The van der Waals surface area contributed by atoms with E-state index in [4.69, 9.17) is 11.1 Å². The van der Waals surface area contributed by atoms with Gasteiger partial charge in [-0.3, -0.25) is 4.79 Å². The van der Waals surface area contributed by atoms with Gasteiger partial charge in [-0.15, -0.1) is 10.2 Å². The number of carbonyl (C=O) groups excluding carboxylic acids is 1. The molecule has 3 rings (SSSR count). The number of carbonyl (C=O) groups is 1. The smallest absolute Gasteiger partial charge is 0.237 e. The number of amides is 1. The minimum Gasteiger partial charge on any atom is -0.335 e. The fraction of sp³-hybridized carbons (Fsp3) is 0.158. The molecule has 3 N–H and O–H groups in total. The van der Waals surface area contributed by atoms with Gasteiger partial charge in [-0.25, -0.2) is 4.68 Å². The summed E-state index contributed by atoms with van der Waals surface area (Å²) < 4.78 is 1.40. The first kappa shape index (κ1) is 18.5. The molecule has 0 spiro atoms. The van der Waals surface area contributed by atoms with E-state index in [-0.39, 0.29) is 5.91 Å². The summed E-state index contributed by atoms with van der Waals surface area (Å²) in [5.74, 6) is 6.51. The average molecular weight is 378 g/mol. The average Bonchev–Trinajstić information content (AvgIpc) is 3.03. The Hall–Kier alpha value is -3.31. The van der Waals surface area contributed by atoms with Gasteiger partial charge in [0.15, 0.2) is 5.82 Å². The largest absolute Gasteiger partial charge is 0.335 e. The second-order valence-corrected chi connectivity index (χ2v) is 7.24. The molecule has 0 radical (unpaired) electrons. The number of thioether (sulfide) groups is 1. The standard InChI is InChI=1S/C19H18N6OS/c1-12-5-3-4-6-16(12)17-23-24-19(25(17)21)27-13(2)18(26)22-15-9-7-14(11-20)8-10-15/h3-10,13H,21H2,1-2H3,(H,22,26)/t13-/m0/s1. The van der Waals surface area contributed by atoms with E-state index in [1.54, 1.807) is 31.2 Å². The van der Waals surface area contributed by atoms with Gasteiger partial charge in [-0.2, -0.15) is 5.26 Å². The van der Waals surface area contributed by atoms with Gasteiger partial charge in [0, 0.05) is 11.3 Å². The van der Waals surface area contributed by atoms with E-state index in [1.807, 2.05) is 37.3 Å². The first-order valence-electron chi connectivity index (χ1n) is 8.23. The molecule has 27 heavy (non-hydrogen) atoms. The predicted octanol–water partition coefficient (Wildman–Crippen LogP) is 2.96. The number of nitriles is 1. The molecule has 1 aromatic heterocycles. The van der Waals surface area contributed by atoms with Crippen LogP contribution in [0.2, 0.25) is 0 Å². The first-order chi connectivity index (χ1) is 13.0. The number of aryl methyl sites for hydroxylation is 1. The first-order valence-corrected chi connectivity index (χ1v) is 9.11. The van der Waals surface area contributed by atoms with Crippen molar-refractivity contribution in [2.45, 2.75) is 24.3 Å². The molecule has 8 heteroatoms. The van der Waals surface area contributed by atoms with Crippen molar-refractivity contribution in [3.63, 3.8) is 0 Å². The van der Waals surface area contributed by atoms with Crippen LogP contribution in [0.1, 0.15) is 18.1 Å². The highest BCUT2D eigenvalue weighted by atomic mass is 32.2. The Bertz CT molecular complexity index is 1010. The Morgan fingerprint density at radius 3 is 2.59 bits per heavy atom. The minimum atomic E-state index is -0.433. The Labute approximate surface area is 161 Å². The van der Waals surface area contributed by atoms with E-state index in [2.05, 4.69) is 15.5 Å². The van der Waals surface area contributed by atoms with Crippen molar-refractivity contribution in [3.05, 3.63) is 59.7 Å². The van der Waals surface area contributed by atoms with Gasteiger partial charge in [0.2, 0.25) is 11.1 Å². The normalized spacial score (nSPS) is 11.6. The highest BCUT2D eigenvalue weighted by Crippen LogP contribution is 2.27. The number of hydrogen-bond acceptors (Lipinski definition) is 6. The molecule has 0 saturated carbocycles. The lowest BCUT2D eigenvalue weighted by Crippen LogP contribution is -2.23. The van der Waals surface area contributed by atoms with Crippen molar-refractivity contribution >= 4 is 23.4 Å². The summed E-state index contributed by atoms with van der Waals surface area (Å²) in [6.45, 7) is 3.75. The van der Waals surface area contributed by atoms with E-state index in [0.717, 1.165) is 11.1 Å². The molecule has 0 unspecified atom stereocenters. The van der Waals surface area contributed by atoms with Gasteiger partial charge in [0.1, 0.15) is 0 Å². The summed E-state index contributed by atoms with van der Waals surface area (Å²) >= 11 is 1.23. The Kier molecular flexibility index (Phi) is 5.43. The molecule has 0 aliphatic carbocycles. The summed E-state index contributed by atoms with van der Waals surface area (Å²) in [4.78, 5) is 12.4. The third kappa shape index (κ3) is 4.10. The quantitative estimate of drug-likeness (QED) is 0.522. The van der Waals surface area contributed by atoms with Gasteiger partial charge in [-0.1, -0.05) is 36.0 Å². The topological polar surface area (TPSA) is 110 Å². The number of aromatic nitrogens is 3.